The van der Waals surface area contributed by atoms with Crippen LogP contribution in [0.15, 0.2) is 16.1 Å². The maximum atomic E-state index is 4.53. The van der Waals surface area contributed by atoms with Crippen molar-refractivity contribution in [1.82, 2.24) is 0 Å². The van der Waals surface area contributed by atoms with Crippen molar-refractivity contribution in [1.29, 1.82) is 0 Å². The minimum atomic E-state index is 0.273. The van der Waals surface area contributed by atoms with Gasteiger partial charge < -0.3 is 0 Å². The minimum Gasteiger partial charge on any atom is -0.285 e. The molecule has 0 aliphatic carbocycles. The third-order valence-electron chi connectivity index (χ3n) is 2.31. The van der Waals surface area contributed by atoms with Gasteiger partial charge in [-0.05, 0) is 29.9 Å². The summed E-state index contributed by atoms with van der Waals surface area (Å²) in [4.78, 5) is 4.53. The third kappa shape index (κ3) is 1.60. The van der Waals surface area contributed by atoms with Crippen molar-refractivity contribution >= 4 is 5.71 Å². The Morgan fingerprint density at radius 1 is 1.33 bits per heavy atom. The molecule has 0 atom stereocenters. The van der Waals surface area contributed by atoms with Crippen LogP contribution in [-0.2, 0) is 0 Å². The number of nitrogens with zero attached hydrogens (tertiary/aromatic N) is 1. The standard InChI is InChI=1S/C11H19N/c1-6-9-10(11(3,4)5)8(2)7-12-9/h6-7H2,1-5H3. The highest BCUT2D eigenvalue weighted by Crippen LogP contribution is 2.33. The second kappa shape index (κ2) is 3.04. The van der Waals surface area contributed by atoms with Crippen molar-refractivity contribution < 1.29 is 0 Å². The Bertz CT molecular complexity index is 238. The van der Waals surface area contributed by atoms with Crippen molar-refractivity contribution in [3.63, 3.8) is 0 Å². The number of hydrogen-bond acceptors (Lipinski definition) is 1. The number of allylic oxidation sites excluding steroid dienone is 1. The van der Waals surface area contributed by atoms with Gasteiger partial charge in [0.05, 0.1) is 6.54 Å². The van der Waals surface area contributed by atoms with Crippen molar-refractivity contribution in [2.24, 2.45) is 10.4 Å². The average molecular weight is 165 g/mol. The van der Waals surface area contributed by atoms with Gasteiger partial charge in [-0.1, -0.05) is 27.7 Å². The highest BCUT2D eigenvalue weighted by Gasteiger charge is 2.25. The van der Waals surface area contributed by atoms with Gasteiger partial charge >= 0.3 is 0 Å². The second-order valence-corrected chi connectivity index (χ2v) is 4.52. The topological polar surface area (TPSA) is 12.4 Å². The molecule has 68 valence electrons. The second-order valence-electron chi connectivity index (χ2n) is 4.52. The monoisotopic (exact) mass is 165 g/mol. The van der Waals surface area contributed by atoms with Gasteiger partial charge in [0, 0.05) is 5.71 Å². The molecule has 0 spiro atoms. The van der Waals surface area contributed by atoms with E-state index in [4.69, 9.17) is 0 Å². The van der Waals surface area contributed by atoms with Gasteiger partial charge in [0.1, 0.15) is 0 Å². The van der Waals surface area contributed by atoms with Crippen LogP contribution in [0.25, 0.3) is 0 Å². The predicted molar refractivity (Wildman–Crippen MR) is 54.7 cm³/mol. The van der Waals surface area contributed by atoms with E-state index in [0.29, 0.717) is 0 Å². The Balaban J connectivity index is 3.01. The van der Waals surface area contributed by atoms with Gasteiger partial charge in [-0.2, -0.15) is 0 Å². The lowest BCUT2D eigenvalue weighted by Crippen LogP contribution is -2.16. The molecule has 0 N–H and O–H groups in total. The molecule has 0 aromatic carbocycles. The molecule has 1 heterocycles. The van der Waals surface area contributed by atoms with Crippen LogP contribution in [0.2, 0.25) is 0 Å². The molecule has 12 heavy (non-hydrogen) atoms. The zero-order valence-corrected chi connectivity index (χ0v) is 8.86. The fourth-order valence-electron chi connectivity index (χ4n) is 1.98. The van der Waals surface area contributed by atoms with Crippen LogP contribution < -0.4 is 0 Å². The summed E-state index contributed by atoms with van der Waals surface area (Å²) in [6.07, 6.45) is 1.07. The van der Waals surface area contributed by atoms with Gasteiger partial charge in [0.25, 0.3) is 0 Å². The summed E-state index contributed by atoms with van der Waals surface area (Å²) < 4.78 is 0. The number of aliphatic imine (C=N–C) groups is 1. The summed E-state index contributed by atoms with van der Waals surface area (Å²) in [5, 5.41) is 0. The predicted octanol–water partition coefficient (Wildman–Crippen LogP) is 3.21. The number of hydrogen-bond donors (Lipinski definition) is 0. The highest BCUT2D eigenvalue weighted by atomic mass is 14.8. The molecule has 0 saturated carbocycles. The molecule has 1 rings (SSSR count). The van der Waals surface area contributed by atoms with E-state index in [1.807, 2.05) is 0 Å². The summed E-state index contributed by atoms with van der Waals surface area (Å²) in [5.41, 5.74) is 4.54. The molecule has 0 bridgehead atoms. The molecule has 1 heteroatoms. The highest BCUT2D eigenvalue weighted by molar-refractivity contribution is 6.03. The Kier molecular flexibility index (Phi) is 2.41. The average Bonchev–Trinajstić information content (AvgIpc) is 2.29. The molecule has 0 radical (unpaired) electrons. The van der Waals surface area contributed by atoms with Crippen LogP contribution in [0.5, 0.6) is 0 Å². The zero-order valence-electron chi connectivity index (χ0n) is 8.86. The van der Waals surface area contributed by atoms with Crippen LogP contribution in [0.1, 0.15) is 41.0 Å². The zero-order chi connectivity index (χ0) is 9.35. The molecule has 0 amide bonds. The lowest BCUT2D eigenvalue weighted by atomic mass is 9.81. The van der Waals surface area contributed by atoms with E-state index in [9.17, 15) is 0 Å². The van der Waals surface area contributed by atoms with Crippen molar-refractivity contribution in [3.8, 4) is 0 Å². The molecular formula is C11H19N. The Morgan fingerprint density at radius 2 is 1.92 bits per heavy atom. The Hall–Kier alpha value is -0.590. The van der Waals surface area contributed by atoms with E-state index in [1.54, 1.807) is 0 Å². The minimum absolute atomic E-state index is 0.273. The van der Waals surface area contributed by atoms with Gasteiger partial charge in [-0.3, -0.25) is 4.99 Å². The Labute approximate surface area is 75.6 Å². The molecule has 1 aliphatic heterocycles. The SMILES string of the molecule is CCC1=NCC(C)=C1C(C)(C)C. The first-order chi connectivity index (χ1) is 5.46. The van der Waals surface area contributed by atoms with Gasteiger partial charge in [0.2, 0.25) is 0 Å². The molecule has 0 unspecified atom stereocenters. The van der Waals surface area contributed by atoms with Crippen LogP contribution in [0, 0.1) is 5.41 Å². The van der Waals surface area contributed by atoms with Gasteiger partial charge in [-0.25, -0.2) is 0 Å². The fourth-order valence-corrected chi connectivity index (χ4v) is 1.98. The normalized spacial score (nSPS) is 18.6. The third-order valence-corrected chi connectivity index (χ3v) is 2.31. The maximum absolute atomic E-state index is 4.53. The van der Waals surface area contributed by atoms with E-state index in [1.165, 1.54) is 16.9 Å². The lowest BCUT2D eigenvalue weighted by Gasteiger charge is -2.23. The first kappa shape index (κ1) is 9.50. The van der Waals surface area contributed by atoms with Crippen LogP contribution in [0.3, 0.4) is 0 Å². The van der Waals surface area contributed by atoms with Crippen molar-refractivity contribution in [2.75, 3.05) is 6.54 Å². The molecular weight excluding hydrogens is 146 g/mol. The molecule has 0 aromatic rings. The summed E-state index contributed by atoms with van der Waals surface area (Å²) in [6.45, 7) is 12.1. The molecule has 1 nitrogen and oxygen atoms in total. The maximum Gasteiger partial charge on any atom is 0.0606 e. The molecule has 0 aromatic heterocycles. The summed E-state index contributed by atoms with van der Waals surface area (Å²) >= 11 is 0. The van der Waals surface area contributed by atoms with E-state index in [0.717, 1.165) is 13.0 Å². The van der Waals surface area contributed by atoms with Crippen molar-refractivity contribution in [2.45, 2.75) is 41.0 Å². The smallest absolute Gasteiger partial charge is 0.0606 e. The van der Waals surface area contributed by atoms with Crippen LogP contribution in [0.4, 0.5) is 0 Å². The van der Waals surface area contributed by atoms with E-state index >= 15 is 0 Å². The lowest BCUT2D eigenvalue weighted by molar-refractivity contribution is 0.520. The van der Waals surface area contributed by atoms with Crippen LogP contribution in [-0.4, -0.2) is 12.3 Å². The largest absolute Gasteiger partial charge is 0.285 e. The first-order valence-corrected chi connectivity index (χ1v) is 4.70. The molecule has 0 saturated heterocycles. The Morgan fingerprint density at radius 3 is 2.25 bits per heavy atom. The first-order valence-electron chi connectivity index (χ1n) is 4.70. The van der Waals surface area contributed by atoms with Crippen molar-refractivity contribution in [3.05, 3.63) is 11.1 Å². The van der Waals surface area contributed by atoms with E-state index in [2.05, 4.69) is 39.6 Å². The number of rotatable bonds is 1. The van der Waals surface area contributed by atoms with Gasteiger partial charge in [0.15, 0.2) is 0 Å². The van der Waals surface area contributed by atoms with Crippen LogP contribution >= 0.6 is 0 Å². The molecule has 0 fully saturated rings. The quantitative estimate of drug-likeness (QED) is 0.565. The summed E-state index contributed by atoms with van der Waals surface area (Å²) in [6, 6.07) is 0. The van der Waals surface area contributed by atoms with E-state index in [-0.39, 0.29) is 5.41 Å². The fraction of sp³-hybridized carbons (Fsp3) is 0.727. The van der Waals surface area contributed by atoms with Gasteiger partial charge in [-0.15, -0.1) is 0 Å². The summed E-state index contributed by atoms with van der Waals surface area (Å²) in [7, 11) is 0. The molecule has 1 aliphatic rings. The van der Waals surface area contributed by atoms with E-state index < -0.39 is 0 Å². The summed E-state index contributed by atoms with van der Waals surface area (Å²) in [5.74, 6) is 0.